The third kappa shape index (κ3) is 4.12. The molecule has 0 aliphatic carbocycles. The molecule has 6 heteroatoms. The largest absolute Gasteiger partial charge is 0.452 e. The number of aromatic amines is 1. The van der Waals surface area contributed by atoms with Crippen molar-refractivity contribution in [1.29, 1.82) is 0 Å². The molecule has 136 valence electrons. The molecular formula is C21H18N2O4. The van der Waals surface area contributed by atoms with Crippen molar-refractivity contribution in [3.05, 3.63) is 89.2 Å². The average Bonchev–Trinajstić information content (AvgIpc) is 2.70. The molecule has 0 radical (unpaired) electrons. The Hall–Kier alpha value is -3.67. The Morgan fingerprint density at radius 1 is 1.07 bits per heavy atom. The summed E-state index contributed by atoms with van der Waals surface area (Å²) in [5, 5.41) is 0.556. The second kappa shape index (κ2) is 8.14. The number of hydrogen-bond acceptors (Lipinski definition) is 4. The first-order chi connectivity index (χ1) is 13.1. The minimum Gasteiger partial charge on any atom is -0.452 e. The number of esters is 1. The summed E-state index contributed by atoms with van der Waals surface area (Å²) in [6, 6.07) is 17.1. The molecular weight excluding hydrogens is 344 g/mol. The summed E-state index contributed by atoms with van der Waals surface area (Å²) >= 11 is 0. The molecule has 2 aromatic carbocycles. The van der Waals surface area contributed by atoms with Gasteiger partial charge in [-0.1, -0.05) is 42.5 Å². The van der Waals surface area contributed by atoms with E-state index >= 15 is 0 Å². The lowest BCUT2D eigenvalue weighted by atomic mass is 10.1. The molecule has 0 aliphatic rings. The van der Waals surface area contributed by atoms with Crippen LogP contribution in [0.4, 0.5) is 5.69 Å². The van der Waals surface area contributed by atoms with Crippen molar-refractivity contribution in [2.45, 2.75) is 0 Å². The van der Waals surface area contributed by atoms with Crippen LogP contribution < -0.4 is 10.5 Å². The maximum Gasteiger partial charge on any atom is 0.339 e. The monoisotopic (exact) mass is 362 g/mol. The summed E-state index contributed by atoms with van der Waals surface area (Å²) in [5.74, 6) is -1.11. The van der Waals surface area contributed by atoms with E-state index < -0.39 is 18.1 Å². The lowest BCUT2D eigenvalue weighted by molar-refractivity contribution is -0.121. The topological polar surface area (TPSA) is 79.5 Å². The summed E-state index contributed by atoms with van der Waals surface area (Å²) in [6.07, 6.45) is 1.59. The van der Waals surface area contributed by atoms with E-state index in [0.717, 1.165) is 0 Å². The summed E-state index contributed by atoms with van der Waals surface area (Å²) < 4.78 is 5.18. The molecule has 1 N–H and O–H groups in total. The van der Waals surface area contributed by atoms with Crippen LogP contribution in [-0.2, 0) is 9.53 Å². The van der Waals surface area contributed by atoms with Crippen molar-refractivity contribution in [3.8, 4) is 0 Å². The fraction of sp³-hybridized carbons (Fsp3) is 0.0952. The fourth-order valence-corrected chi connectivity index (χ4v) is 2.74. The van der Waals surface area contributed by atoms with E-state index in [0.29, 0.717) is 16.6 Å². The zero-order chi connectivity index (χ0) is 19.2. The number of rotatable bonds is 6. The van der Waals surface area contributed by atoms with Crippen LogP contribution in [0, 0.1) is 0 Å². The van der Waals surface area contributed by atoms with E-state index in [9.17, 15) is 14.4 Å². The summed E-state index contributed by atoms with van der Waals surface area (Å²) in [5.41, 5.74) is 0.919. The second-order valence-electron chi connectivity index (χ2n) is 5.80. The Bertz CT molecular complexity index is 1040. The molecule has 6 nitrogen and oxygen atoms in total. The van der Waals surface area contributed by atoms with Crippen LogP contribution in [0.5, 0.6) is 0 Å². The summed E-state index contributed by atoms with van der Waals surface area (Å²) in [7, 11) is 0. The van der Waals surface area contributed by atoms with E-state index in [4.69, 9.17) is 4.74 Å². The number of pyridine rings is 1. The molecule has 0 fully saturated rings. The maximum atomic E-state index is 12.5. The lowest BCUT2D eigenvalue weighted by Gasteiger charge is -2.21. The van der Waals surface area contributed by atoms with Gasteiger partial charge in [-0.15, -0.1) is 6.58 Å². The van der Waals surface area contributed by atoms with Crippen molar-refractivity contribution in [1.82, 2.24) is 4.98 Å². The number of aromatic nitrogens is 1. The highest BCUT2D eigenvalue weighted by Gasteiger charge is 2.18. The number of hydrogen-bond donors (Lipinski definition) is 1. The molecule has 0 aliphatic heterocycles. The highest BCUT2D eigenvalue weighted by Crippen LogP contribution is 2.16. The average molecular weight is 362 g/mol. The SMILES string of the molecule is C=CCN(C(=O)COC(=O)c1cc(=O)[nH]c2ccccc12)c1ccccc1. The first kappa shape index (κ1) is 18.1. The number of anilines is 1. The minimum atomic E-state index is -0.725. The molecule has 3 aromatic rings. The molecule has 0 saturated carbocycles. The van der Waals surface area contributed by atoms with Crippen molar-refractivity contribution in [3.63, 3.8) is 0 Å². The smallest absolute Gasteiger partial charge is 0.339 e. The van der Waals surface area contributed by atoms with Crippen LogP contribution in [0.25, 0.3) is 10.9 Å². The van der Waals surface area contributed by atoms with Crippen LogP contribution >= 0.6 is 0 Å². The Morgan fingerprint density at radius 3 is 2.52 bits per heavy atom. The van der Waals surface area contributed by atoms with Crippen molar-refractivity contribution < 1.29 is 14.3 Å². The van der Waals surface area contributed by atoms with Gasteiger partial charge in [0.05, 0.1) is 5.56 Å². The predicted molar refractivity (Wildman–Crippen MR) is 104 cm³/mol. The van der Waals surface area contributed by atoms with E-state index in [1.165, 1.54) is 11.0 Å². The van der Waals surface area contributed by atoms with Crippen LogP contribution in [0.1, 0.15) is 10.4 Å². The summed E-state index contributed by atoms with van der Waals surface area (Å²) in [4.78, 5) is 40.9. The van der Waals surface area contributed by atoms with Gasteiger partial charge < -0.3 is 14.6 Å². The predicted octanol–water partition coefficient (Wildman–Crippen LogP) is 2.90. The number of H-pyrrole nitrogens is 1. The van der Waals surface area contributed by atoms with Crippen LogP contribution in [0.15, 0.2) is 78.1 Å². The van der Waals surface area contributed by atoms with Gasteiger partial charge in [-0.05, 0) is 18.2 Å². The van der Waals surface area contributed by atoms with Crippen LogP contribution in [0.2, 0.25) is 0 Å². The third-order valence-electron chi connectivity index (χ3n) is 3.98. The maximum absolute atomic E-state index is 12.5. The minimum absolute atomic E-state index is 0.122. The van der Waals surface area contributed by atoms with Gasteiger partial charge >= 0.3 is 5.97 Å². The Kier molecular flexibility index (Phi) is 5.47. The van der Waals surface area contributed by atoms with Gasteiger partial charge in [0.15, 0.2) is 6.61 Å². The molecule has 1 amide bonds. The molecule has 27 heavy (non-hydrogen) atoms. The van der Waals surface area contributed by atoms with E-state index in [2.05, 4.69) is 11.6 Å². The number of carbonyl (C=O) groups excluding carboxylic acids is 2. The number of ether oxygens (including phenoxy) is 1. The van der Waals surface area contributed by atoms with Gasteiger partial charge in [-0.2, -0.15) is 0 Å². The van der Waals surface area contributed by atoms with E-state index in [1.807, 2.05) is 18.2 Å². The van der Waals surface area contributed by atoms with Gasteiger partial charge in [0.2, 0.25) is 5.56 Å². The zero-order valence-corrected chi connectivity index (χ0v) is 14.6. The Balaban J connectivity index is 1.78. The molecule has 3 rings (SSSR count). The zero-order valence-electron chi connectivity index (χ0n) is 14.6. The fourth-order valence-electron chi connectivity index (χ4n) is 2.74. The van der Waals surface area contributed by atoms with E-state index in [1.54, 1.807) is 42.5 Å². The van der Waals surface area contributed by atoms with Gasteiger partial charge in [0.1, 0.15) is 0 Å². The first-order valence-corrected chi connectivity index (χ1v) is 8.35. The number of benzene rings is 2. The molecule has 0 saturated heterocycles. The van der Waals surface area contributed by atoms with E-state index in [-0.39, 0.29) is 18.0 Å². The Morgan fingerprint density at radius 2 is 1.78 bits per heavy atom. The van der Waals surface area contributed by atoms with Crippen LogP contribution in [-0.4, -0.2) is 30.0 Å². The second-order valence-corrected chi connectivity index (χ2v) is 5.80. The van der Waals surface area contributed by atoms with Crippen molar-refractivity contribution in [2.24, 2.45) is 0 Å². The third-order valence-corrected chi connectivity index (χ3v) is 3.98. The normalized spacial score (nSPS) is 10.4. The molecule has 0 atom stereocenters. The molecule has 0 spiro atoms. The first-order valence-electron chi connectivity index (χ1n) is 8.35. The molecule has 0 unspecified atom stereocenters. The number of para-hydroxylation sites is 2. The summed E-state index contributed by atoms with van der Waals surface area (Å²) in [6.45, 7) is 3.50. The highest BCUT2D eigenvalue weighted by molar-refractivity contribution is 6.04. The standard InChI is InChI=1S/C21H18N2O4/c1-2-12-23(15-8-4-3-5-9-15)20(25)14-27-21(26)17-13-19(24)22-18-11-7-6-10-16(17)18/h2-11,13H,1,12,14H2,(H,22,24). The van der Waals surface area contributed by atoms with Crippen LogP contribution in [0.3, 0.4) is 0 Å². The molecule has 1 aromatic heterocycles. The number of amides is 1. The number of fused-ring (bicyclic) bond motifs is 1. The van der Waals surface area contributed by atoms with Gasteiger partial charge in [-0.25, -0.2) is 4.79 Å². The van der Waals surface area contributed by atoms with Gasteiger partial charge in [0, 0.05) is 29.2 Å². The van der Waals surface area contributed by atoms with Crippen molar-refractivity contribution >= 4 is 28.5 Å². The highest BCUT2D eigenvalue weighted by atomic mass is 16.5. The number of nitrogens with one attached hydrogen (secondary N) is 1. The lowest BCUT2D eigenvalue weighted by Crippen LogP contribution is -2.35. The van der Waals surface area contributed by atoms with Gasteiger partial charge in [-0.3, -0.25) is 9.59 Å². The number of nitrogens with zero attached hydrogens (tertiary/aromatic N) is 1. The molecule has 1 heterocycles. The quantitative estimate of drug-likeness (QED) is 0.540. The number of carbonyl (C=O) groups is 2. The van der Waals surface area contributed by atoms with Gasteiger partial charge in [0.25, 0.3) is 5.91 Å². The van der Waals surface area contributed by atoms with Crippen molar-refractivity contribution in [2.75, 3.05) is 18.1 Å². The Labute approximate surface area is 155 Å². The molecule has 0 bridgehead atoms.